The molecule has 1 fully saturated rings. The number of nitrogens with zero attached hydrogens (tertiary/aromatic N) is 1. The van der Waals surface area contributed by atoms with Crippen LogP contribution >= 0.6 is 0 Å². The minimum atomic E-state index is 1.01. The Bertz CT molecular complexity index is 495. The fraction of sp³-hybridized carbons (Fsp3) is 0.389. The third-order valence-electron chi connectivity index (χ3n) is 3.87. The number of likely N-dealkylation sites (tertiary alicyclic amines) is 1. The molecule has 1 aromatic rings. The van der Waals surface area contributed by atoms with Crippen molar-refractivity contribution < 1.29 is 0 Å². The molecule has 0 spiro atoms. The standard InChI is InChI=1S/C18H23NSe/c1-3-15(4-2)17(16-11-7-5-8-12-16)18(20)19-13-9-6-10-14-19/h3,5,7-8,11-12H,1,4,6,9-10,13-14H2,2H3/b17-15+. The van der Waals surface area contributed by atoms with E-state index in [0.29, 0.717) is 0 Å². The molecule has 0 aromatic heterocycles. The molecule has 1 saturated heterocycles. The van der Waals surface area contributed by atoms with E-state index in [9.17, 15) is 0 Å². The molecule has 1 aliphatic heterocycles. The molecule has 1 aliphatic rings. The van der Waals surface area contributed by atoms with Crippen molar-refractivity contribution in [3.05, 3.63) is 54.1 Å². The molecule has 1 heterocycles. The molecule has 0 atom stereocenters. The zero-order chi connectivity index (χ0) is 14.4. The zero-order valence-electron chi connectivity index (χ0n) is 12.3. The number of rotatable bonds is 5. The fourth-order valence-electron chi connectivity index (χ4n) is 2.73. The summed E-state index contributed by atoms with van der Waals surface area (Å²) >= 11 is 3.33. The van der Waals surface area contributed by atoms with Crippen LogP contribution in [0.15, 0.2) is 48.6 Å². The number of hydrogen-bond donors (Lipinski definition) is 0. The molecule has 0 saturated carbocycles. The Morgan fingerprint density at radius 2 is 1.85 bits per heavy atom. The number of hydrogen-bond acceptors (Lipinski definition) is 1. The number of piperidine rings is 1. The van der Waals surface area contributed by atoms with E-state index in [1.165, 1.54) is 40.5 Å². The Labute approximate surface area is 130 Å². The summed E-state index contributed by atoms with van der Waals surface area (Å²) in [5, 5.41) is 0. The molecule has 1 aromatic carbocycles. The van der Waals surface area contributed by atoms with E-state index in [4.69, 9.17) is 0 Å². The molecule has 0 aliphatic carbocycles. The summed E-state index contributed by atoms with van der Waals surface area (Å²) in [7, 11) is 0. The van der Waals surface area contributed by atoms with Crippen LogP contribution in [-0.4, -0.2) is 38.1 Å². The van der Waals surface area contributed by atoms with Gasteiger partial charge in [0.25, 0.3) is 0 Å². The number of allylic oxidation sites excluding steroid dienone is 2. The van der Waals surface area contributed by atoms with E-state index in [2.05, 4.69) is 64.3 Å². The van der Waals surface area contributed by atoms with Crippen molar-refractivity contribution in [3.63, 3.8) is 0 Å². The molecule has 0 amide bonds. The van der Waals surface area contributed by atoms with Gasteiger partial charge in [-0.15, -0.1) is 0 Å². The van der Waals surface area contributed by atoms with E-state index in [1.54, 1.807) is 0 Å². The Morgan fingerprint density at radius 3 is 2.40 bits per heavy atom. The van der Waals surface area contributed by atoms with E-state index in [-0.39, 0.29) is 0 Å². The van der Waals surface area contributed by atoms with Gasteiger partial charge in [0, 0.05) is 0 Å². The summed E-state index contributed by atoms with van der Waals surface area (Å²) in [4.78, 5) is 2.49. The van der Waals surface area contributed by atoms with Crippen LogP contribution in [0.4, 0.5) is 0 Å². The van der Waals surface area contributed by atoms with Crippen molar-refractivity contribution in [1.82, 2.24) is 4.90 Å². The second kappa shape index (κ2) is 7.61. The zero-order valence-corrected chi connectivity index (χ0v) is 14.0. The fourth-order valence-corrected chi connectivity index (χ4v) is 3.63. The Morgan fingerprint density at radius 1 is 1.20 bits per heavy atom. The SMILES string of the molecule is C=C/C(CC)=C(\C(=[Se])N1CCCCC1)c1ccccc1. The average molecular weight is 332 g/mol. The van der Waals surface area contributed by atoms with Crippen LogP contribution in [0.25, 0.3) is 5.57 Å². The summed E-state index contributed by atoms with van der Waals surface area (Å²) in [6.07, 6.45) is 6.96. The summed E-state index contributed by atoms with van der Waals surface area (Å²) < 4.78 is 1.28. The Kier molecular flexibility index (Phi) is 5.82. The van der Waals surface area contributed by atoms with Gasteiger partial charge >= 0.3 is 130 Å². The molecule has 0 unspecified atom stereocenters. The first-order chi connectivity index (χ1) is 9.77. The summed E-state index contributed by atoms with van der Waals surface area (Å²) in [5.41, 5.74) is 3.92. The van der Waals surface area contributed by atoms with Crippen LogP contribution in [-0.2, 0) is 0 Å². The Hall–Kier alpha value is -1.11. The predicted molar refractivity (Wildman–Crippen MR) is 90.0 cm³/mol. The monoisotopic (exact) mass is 333 g/mol. The summed E-state index contributed by atoms with van der Waals surface area (Å²) in [6.45, 7) is 8.52. The van der Waals surface area contributed by atoms with Crippen LogP contribution in [0.3, 0.4) is 0 Å². The maximum atomic E-state index is 4.00. The van der Waals surface area contributed by atoms with Gasteiger partial charge in [-0.1, -0.05) is 0 Å². The van der Waals surface area contributed by atoms with Crippen molar-refractivity contribution in [2.24, 2.45) is 0 Å². The van der Waals surface area contributed by atoms with Gasteiger partial charge in [0.05, 0.1) is 0 Å². The van der Waals surface area contributed by atoms with Crippen LogP contribution in [0.2, 0.25) is 0 Å². The molecule has 2 heteroatoms. The van der Waals surface area contributed by atoms with E-state index >= 15 is 0 Å². The van der Waals surface area contributed by atoms with Gasteiger partial charge in [0.2, 0.25) is 0 Å². The van der Waals surface area contributed by atoms with Crippen molar-refractivity contribution in [2.75, 3.05) is 13.1 Å². The van der Waals surface area contributed by atoms with Gasteiger partial charge in [0.1, 0.15) is 0 Å². The van der Waals surface area contributed by atoms with Gasteiger partial charge in [-0.25, -0.2) is 0 Å². The van der Waals surface area contributed by atoms with E-state index in [0.717, 1.165) is 19.5 Å². The second-order valence-corrected chi connectivity index (χ2v) is 5.99. The van der Waals surface area contributed by atoms with Crippen molar-refractivity contribution in [1.29, 1.82) is 0 Å². The molecule has 20 heavy (non-hydrogen) atoms. The van der Waals surface area contributed by atoms with Crippen molar-refractivity contribution >= 4 is 25.7 Å². The van der Waals surface area contributed by atoms with Crippen molar-refractivity contribution in [2.45, 2.75) is 32.6 Å². The predicted octanol–water partition coefficient (Wildman–Crippen LogP) is 3.82. The molecular weight excluding hydrogens is 309 g/mol. The van der Waals surface area contributed by atoms with Gasteiger partial charge in [0.15, 0.2) is 0 Å². The van der Waals surface area contributed by atoms with Gasteiger partial charge in [-0.3, -0.25) is 0 Å². The van der Waals surface area contributed by atoms with Gasteiger partial charge in [-0.05, 0) is 0 Å². The minimum absolute atomic E-state index is 1.01. The third-order valence-corrected chi connectivity index (χ3v) is 4.84. The van der Waals surface area contributed by atoms with Crippen molar-refractivity contribution in [3.8, 4) is 0 Å². The molecule has 0 bridgehead atoms. The third kappa shape index (κ3) is 3.50. The van der Waals surface area contributed by atoms with Crippen LogP contribution in [0, 0.1) is 0 Å². The molecule has 0 radical (unpaired) electrons. The Balaban J connectivity index is 2.39. The number of benzene rings is 1. The van der Waals surface area contributed by atoms with Gasteiger partial charge < -0.3 is 0 Å². The quantitative estimate of drug-likeness (QED) is 0.585. The first kappa shape index (κ1) is 15.3. The molecule has 106 valence electrons. The first-order valence-electron chi connectivity index (χ1n) is 7.48. The normalized spacial score (nSPS) is 16.6. The molecule has 0 N–H and O–H groups in total. The molecule has 1 nitrogen and oxygen atoms in total. The summed E-state index contributed by atoms with van der Waals surface area (Å²) in [6, 6.07) is 10.7. The average Bonchev–Trinajstić information content (AvgIpc) is 2.53. The topological polar surface area (TPSA) is 3.24 Å². The molecule has 2 rings (SSSR count). The van der Waals surface area contributed by atoms with E-state index in [1.807, 2.05) is 6.08 Å². The first-order valence-corrected chi connectivity index (χ1v) is 8.33. The van der Waals surface area contributed by atoms with Crippen LogP contribution in [0.1, 0.15) is 38.2 Å². The van der Waals surface area contributed by atoms with E-state index < -0.39 is 0 Å². The van der Waals surface area contributed by atoms with Gasteiger partial charge in [-0.2, -0.15) is 0 Å². The second-order valence-electron chi connectivity index (χ2n) is 5.18. The van der Waals surface area contributed by atoms with Crippen LogP contribution in [0.5, 0.6) is 0 Å². The van der Waals surface area contributed by atoms with Crippen LogP contribution < -0.4 is 0 Å². The summed E-state index contributed by atoms with van der Waals surface area (Å²) in [5.74, 6) is 0. The maximum absolute atomic E-state index is 4.00. The molecular formula is C18H23NSe.